The molecule has 6 nitrogen and oxygen atoms in total. The molecule has 2 rings (SSSR count). The van der Waals surface area contributed by atoms with E-state index in [0.717, 1.165) is 0 Å². The van der Waals surface area contributed by atoms with Crippen LogP contribution in [-0.4, -0.2) is 50.1 Å². The molecule has 14 heavy (non-hydrogen) atoms. The molecule has 2 atom stereocenters. The summed E-state index contributed by atoms with van der Waals surface area (Å²) in [6, 6.07) is -0.685. The van der Waals surface area contributed by atoms with Crippen LogP contribution in [0.4, 0.5) is 0 Å². The van der Waals surface area contributed by atoms with E-state index in [1.165, 1.54) is 0 Å². The zero-order chi connectivity index (χ0) is 9.97. The molecule has 2 unspecified atom stereocenters. The summed E-state index contributed by atoms with van der Waals surface area (Å²) in [5.74, 6) is -0.646. The summed E-state index contributed by atoms with van der Waals surface area (Å²) >= 11 is 0. The fraction of sp³-hybridized carbons (Fsp3) is 0.750. The third-order valence-electron chi connectivity index (χ3n) is 2.52. The van der Waals surface area contributed by atoms with Crippen molar-refractivity contribution in [3.8, 4) is 0 Å². The Kier molecular flexibility index (Phi) is 2.87. The molecule has 2 saturated heterocycles. The van der Waals surface area contributed by atoms with Crippen LogP contribution in [0.5, 0.6) is 0 Å². The van der Waals surface area contributed by atoms with Gasteiger partial charge in [-0.1, -0.05) is 0 Å². The first-order chi connectivity index (χ1) is 6.79. The SMILES string of the molecule is O=C(C(=O)C1CNCN1)C1CNCN1. The minimum absolute atomic E-state index is 0.323. The smallest absolute Gasteiger partial charge is 0.218 e. The van der Waals surface area contributed by atoms with E-state index in [2.05, 4.69) is 21.3 Å². The Hall–Kier alpha value is -0.820. The largest absolute Gasteiger partial charge is 0.302 e. The second-order valence-corrected chi connectivity index (χ2v) is 3.50. The number of hydrogen-bond acceptors (Lipinski definition) is 6. The van der Waals surface area contributed by atoms with Crippen molar-refractivity contribution < 1.29 is 9.59 Å². The molecule has 0 aromatic heterocycles. The maximum Gasteiger partial charge on any atom is 0.218 e. The Morgan fingerprint density at radius 2 is 1.29 bits per heavy atom. The second kappa shape index (κ2) is 4.14. The summed E-state index contributed by atoms with van der Waals surface area (Å²) in [5, 5.41) is 11.8. The maximum atomic E-state index is 11.6. The van der Waals surface area contributed by atoms with Crippen molar-refractivity contribution in [2.45, 2.75) is 12.1 Å². The monoisotopic (exact) mass is 198 g/mol. The number of Topliss-reactive ketones (excluding diaryl/α,β-unsaturated/α-hetero) is 2. The van der Waals surface area contributed by atoms with E-state index in [0.29, 0.717) is 26.4 Å². The molecule has 0 spiro atoms. The molecule has 2 heterocycles. The van der Waals surface area contributed by atoms with Crippen LogP contribution in [-0.2, 0) is 9.59 Å². The number of carbonyl (C=O) groups excluding carboxylic acids is 2. The molecule has 6 heteroatoms. The van der Waals surface area contributed by atoms with Gasteiger partial charge in [0.1, 0.15) is 0 Å². The highest BCUT2D eigenvalue weighted by molar-refractivity contribution is 6.41. The predicted molar refractivity (Wildman–Crippen MR) is 49.6 cm³/mol. The van der Waals surface area contributed by atoms with Crippen molar-refractivity contribution in [3.63, 3.8) is 0 Å². The summed E-state index contributed by atoms with van der Waals surface area (Å²) in [6.07, 6.45) is 0. The van der Waals surface area contributed by atoms with Gasteiger partial charge in [0.05, 0.1) is 12.1 Å². The van der Waals surface area contributed by atoms with Gasteiger partial charge < -0.3 is 10.6 Å². The molecule has 0 radical (unpaired) electrons. The Labute approximate surface area is 81.8 Å². The highest BCUT2D eigenvalue weighted by Gasteiger charge is 2.33. The quantitative estimate of drug-likeness (QED) is 0.366. The molecule has 0 aromatic rings. The fourth-order valence-electron chi connectivity index (χ4n) is 1.68. The van der Waals surface area contributed by atoms with Crippen LogP contribution >= 0.6 is 0 Å². The van der Waals surface area contributed by atoms with E-state index >= 15 is 0 Å². The molecule has 0 aliphatic carbocycles. The first-order valence-electron chi connectivity index (χ1n) is 4.75. The van der Waals surface area contributed by atoms with Crippen molar-refractivity contribution in [3.05, 3.63) is 0 Å². The molecule has 2 aliphatic rings. The average Bonchev–Trinajstić information content (AvgIpc) is 2.87. The van der Waals surface area contributed by atoms with E-state index in [1.807, 2.05) is 0 Å². The van der Waals surface area contributed by atoms with Gasteiger partial charge in [-0.15, -0.1) is 0 Å². The third kappa shape index (κ3) is 1.83. The summed E-state index contributed by atoms with van der Waals surface area (Å²) in [7, 11) is 0. The molecule has 0 amide bonds. The van der Waals surface area contributed by atoms with Crippen LogP contribution in [0.2, 0.25) is 0 Å². The van der Waals surface area contributed by atoms with Crippen molar-refractivity contribution >= 4 is 11.6 Å². The minimum atomic E-state index is -0.343. The third-order valence-corrected chi connectivity index (χ3v) is 2.52. The number of carbonyl (C=O) groups is 2. The van der Waals surface area contributed by atoms with Gasteiger partial charge in [0.2, 0.25) is 11.6 Å². The first-order valence-corrected chi connectivity index (χ1v) is 4.75. The molecule has 2 aliphatic heterocycles. The molecule has 0 aromatic carbocycles. The van der Waals surface area contributed by atoms with E-state index in [9.17, 15) is 9.59 Å². The topological polar surface area (TPSA) is 82.3 Å². The Bertz CT molecular complexity index is 218. The number of rotatable bonds is 3. The molecule has 78 valence electrons. The van der Waals surface area contributed by atoms with Crippen LogP contribution in [0.25, 0.3) is 0 Å². The lowest BCUT2D eigenvalue weighted by atomic mass is 10.0. The summed E-state index contributed by atoms with van der Waals surface area (Å²) < 4.78 is 0. The van der Waals surface area contributed by atoms with Crippen molar-refractivity contribution in [1.29, 1.82) is 0 Å². The van der Waals surface area contributed by atoms with Gasteiger partial charge in [-0.3, -0.25) is 20.2 Å². The molecule has 0 saturated carbocycles. The van der Waals surface area contributed by atoms with Gasteiger partial charge in [-0.25, -0.2) is 0 Å². The Morgan fingerprint density at radius 1 is 0.857 bits per heavy atom. The summed E-state index contributed by atoms with van der Waals surface area (Å²) in [5.41, 5.74) is 0. The average molecular weight is 198 g/mol. The van der Waals surface area contributed by atoms with Gasteiger partial charge in [-0.05, 0) is 0 Å². The fourth-order valence-corrected chi connectivity index (χ4v) is 1.68. The summed E-state index contributed by atoms with van der Waals surface area (Å²) in [4.78, 5) is 23.2. The van der Waals surface area contributed by atoms with Gasteiger partial charge in [0.25, 0.3) is 0 Å². The minimum Gasteiger partial charge on any atom is -0.302 e. The van der Waals surface area contributed by atoms with Gasteiger partial charge in [-0.2, -0.15) is 0 Å². The second-order valence-electron chi connectivity index (χ2n) is 3.50. The van der Waals surface area contributed by atoms with E-state index in [1.54, 1.807) is 0 Å². The van der Waals surface area contributed by atoms with Crippen molar-refractivity contribution in [1.82, 2.24) is 21.3 Å². The highest BCUT2D eigenvalue weighted by atomic mass is 16.2. The predicted octanol–water partition coefficient (Wildman–Crippen LogP) is -2.84. The molecule has 4 N–H and O–H groups in total. The van der Waals surface area contributed by atoms with Gasteiger partial charge >= 0.3 is 0 Å². The lowest BCUT2D eigenvalue weighted by molar-refractivity contribution is -0.138. The van der Waals surface area contributed by atoms with Crippen LogP contribution in [0.3, 0.4) is 0 Å². The van der Waals surface area contributed by atoms with Crippen LogP contribution < -0.4 is 21.3 Å². The van der Waals surface area contributed by atoms with E-state index < -0.39 is 0 Å². The maximum absolute atomic E-state index is 11.6. The van der Waals surface area contributed by atoms with Crippen LogP contribution in [0, 0.1) is 0 Å². The Morgan fingerprint density at radius 3 is 1.57 bits per heavy atom. The van der Waals surface area contributed by atoms with E-state index in [4.69, 9.17) is 0 Å². The van der Waals surface area contributed by atoms with Crippen molar-refractivity contribution in [2.75, 3.05) is 26.4 Å². The molecular weight excluding hydrogens is 184 g/mol. The normalized spacial score (nSPS) is 32.0. The van der Waals surface area contributed by atoms with E-state index in [-0.39, 0.29) is 23.7 Å². The van der Waals surface area contributed by atoms with Crippen LogP contribution in [0.15, 0.2) is 0 Å². The number of nitrogens with one attached hydrogen (secondary N) is 4. The molecule has 2 fully saturated rings. The zero-order valence-electron chi connectivity index (χ0n) is 7.80. The summed E-state index contributed by atoms with van der Waals surface area (Å²) in [6.45, 7) is 2.29. The molecule has 0 bridgehead atoms. The van der Waals surface area contributed by atoms with Crippen LogP contribution in [0.1, 0.15) is 0 Å². The van der Waals surface area contributed by atoms with Gasteiger partial charge in [0, 0.05) is 26.4 Å². The lowest BCUT2D eigenvalue weighted by Crippen LogP contribution is -2.46. The lowest BCUT2D eigenvalue weighted by Gasteiger charge is -2.10. The highest BCUT2D eigenvalue weighted by Crippen LogP contribution is 1.98. The number of ketones is 2. The Balaban J connectivity index is 1.92. The zero-order valence-corrected chi connectivity index (χ0v) is 7.80. The first kappa shape index (κ1) is 9.72. The molecular formula is C8H14N4O2. The van der Waals surface area contributed by atoms with Gasteiger partial charge in [0.15, 0.2) is 0 Å². The number of hydrogen-bond donors (Lipinski definition) is 4. The standard InChI is InChI=1S/C8H14N4O2/c13-7(5-1-9-3-11-5)8(14)6-2-10-4-12-6/h5-6,9-12H,1-4H2. The van der Waals surface area contributed by atoms with Crippen molar-refractivity contribution in [2.24, 2.45) is 0 Å².